The molecule has 1 aromatic carbocycles. The number of nitrogens with zero attached hydrogens (tertiary/aromatic N) is 3. The van der Waals surface area contributed by atoms with E-state index in [2.05, 4.69) is 10.0 Å². The van der Waals surface area contributed by atoms with Gasteiger partial charge in [-0.2, -0.15) is 0 Å². The zero-order valence-electron chi connectivity index (χ0n) is 7.88. The number of aliphatic hydroxyl groups excluding tert-OH is 1. The van der Waals surface area contributed by atoms with Crippen LogP contribution in [0.4, 0.5) is 0 Å². The molecule has 0 fully saturated rings. The highest BCUT2D eigenvalue weighted by Crippen LogP contribution is 2.20. The van der Waals surface area contributed by atoms with E-state index >= 15 is 0 Å². The standard InChI is InChI=1S/C9H10ClN3OS/c10-7-1-3-9(4-2-7)15-6-8(14)5-12-13-11/h1-4,8,14H,5-6H2/t8-/m1/s1. The van der Waals surface area contributed by atoms with Gasteiger partial charge in [-0.15, -0.1) is 11.8 Å². The molecule has 0 bridgehead atoms. The molecule has 0 aliphatic rings. The van der Waals surface area contributed by atoms with Crippen LogP contribution in [-0.4, -0.2) is 23.5 Å². The number of halogens is 1. The number of hydrogen-bond donors (Lipinski definition) is 1. The topological polar surface area (TPSA) is 69.0 Å². The van der Waals surface area contributed by atoms with Crippen molar-refractivity contribution in [2.75, 3.05) is 12.3 Å². The summed E-state index contributed by atoms with van der Waals surface area (Å²) in [6.45, 7) is 0.108. The summed E-state index contributed by atoms with van der Waals surface area (Å²) in [5, 5.41) is 13.4. The van der Waals surface area contributed by atoms with Crippen molar-refractivity contribution in [3.63, 3.8) is 0 Å². The van der Waals surface area contributed by atoms with Crippen molar-refractivity contribution in [2.24, 2.45) is 5.11 Å². The normalized spacial score (nSPS) is 11.9. The number of rotatable bonds is 5. The Balaban J connectivity index is 2.36. The first-order valence-corrected chi connectivity index (χ1v) is 5.66. The lowest BCUT2D eigenvalue weighted by molar-refractivity contribution is 0.208. The lowest BCUT2D eigenvalue weighted by Crippen LogP contribution is -2.13. The molecule has 4 nitrogen and oxygen atoms in total. The second-order valence-corrected chi connectivity index (χ2v) is 4.36. The summed E-state index contributed by atoms with van der Waals surface area (Å²) in [5.41, 5.74) is 8.06. The molecule has 0 spiro atoms. The fourth-order valence-electron chi connectivity index (χ4n) is 0.907. The number of aliphatic hydroxyl groups is 1. The van der Waals surface area contributed by atoms with Gasteiger partial charge in [0.25, 0.3) is 0 Å². The van der Waals surface area contributed by atoms with E-state index in [-0.39, 0.29) is 6.54 Å². The number of benzene rings is 1. The van der Waals surface area contributed by atoms with Crippen molar-refractivity contribution >= 4 is 23.4 Å². The van der Waals surface area contributed by atoms with Crippen molar-refractivity contribution in [3.8, 4) is 0 Å². The smallest absolute Gasteiger partial charge is 0.0690 e. The molecule has 1 N–H and O–H groups in total. The highest BCUT2D eigenvalue weighted by Gasteiger charge is 2.03. The summed E-state index contributed by atoms with van der Waals surface area (Å²) in [6.07, 6.45) is -0.610. The van der Waals surface area contributed by atoms with Crippen LogP contribution >= 0.6 is 23.4 Å². The quantitative estimate of drug-likeness (QED) is 0.374. The lowest BCUT2D eigenvalue weighted by Gasteiger charge is -2.06. The maximum Gasteiger partial charge on any atom is 0.0690 e. The minimum Gasteiger partial charge on any atom is -0.392 e. The van der Waals surface area contributed by atoms with E-state index in [0.29, 0.717) is 10.8 Å². The minimum absolute atomic E-state index is 0.108. The van der Waals surface area contributed by atoms with Crippen LogP contribution in [0.5, 0.6) is 0 Å². The van der Waals surface area contributed by atoms with Crippen LogP contribution in [-0.2, 0) is 0 Å². The van der Waals surface area contributed by atoms with Crippen molar-refractivity contribution < 1.29 is 5.11 Å². The highest BCUT2D eigenvalue weighted by molar-refractivity contribution is 7.99. The van der Waals surface area contributed by atoms with Crippen molar-refractivity contribution in [2.45, 2.75) is 11.0 Å². The zero-order chi connectivity index (χ0) is 11.1. The fourth-order valence-corrected chi connectivity index (χ4v) is 1.85. The summed E-state index contributed by atoms with van der Waals surface area (Å²) >= 11 is 7.22. The summed E-state index contributed by atoms with van der Waals surface area (Å²) in [6, 6.07) is 7.36. The predicted octanol–water partition coefficient (Wildman–Crippen LogP) is 3.10. The maximum atomic E-state index is 9.38. The molecule has 0 saturated heterocycles. The number of azide groups is 1. The summed E-state index contributed by atoms with van der Waals surface area (Å²) in [5.74, 6) is 0.501. The summed E-state index contributed by atoms with van der Waals surface area (Å²) in [4.78, 5) is 3.61. The first-order chi connectivity index (χ1) is 7.22. The molecule has 0 aliphatic carbocycles. The van der Waals surface area contributed by atoms with Gasteiger partial charge in [0.15, 0.2) is 0 Å². The Kier molecular flexibility index (Phi) is 5.36. The van der Waals surface area contributed by atoms with E-state index < -0.39 is 6.10 Å². The second-order valence-electron chi connectivity index (χ2n) is 2.83. The minimum atomic E-state index is -0.610. The molecule has 0 radical (unpaired) electrons. The van der Waals surface area contributed by atoms with Crippen molar-refractivity contribution in [1.82, 2.24) is 0 Å². The monoisotopic (exact) mass is 243 g/mol. The molecule has 15 heavy (non-hydrogen) atoms. The van der Waals surface area contributed by atoms with E-state index in [1.165, 1.54) is 11.8 Å². The molecular formula is C9H10ClN3OS. The average Bonchev–Trinajstić information content (AvgIpc) is 2.25. The van der Waals surface area contributed by atoms with E-state index in [9.17, 15) is 5.11 Å². The fraction of sp³-hybridized carbons (Fsp3) is 0.333. The Labute approximate surface area is 96.9 Å². The van der Waals surface area contributed by atoms with Gasteiger partial charge >= 0.3 is 0 Å². The molecule has 1 atom stereocenters. The molecule has 1 aromatic rings. The molecule has 0 aliphatic heterocycles. The van der Waals surface area contributed by atoms with Crippen LogP contribution in [0.15, 0.2) is 34.3 Å². The van der Waals surface area contributed by atoms with Gasteiger partial charge in [0.2, 0.25) is 0 Å². The first kappa shape index (κ1) is 12.2. The SMILES string of the molecule is [N-]=[N+]=NC[C@@H](O)CSc1ccc(Cl)cc1. The van der Waals surface area contributed by atoms with Gasteiger partial charge in [-0.1, -0.05) is 16.7 Å². The van der Waals surface area contributed by atoms with Crippen LogP contribution in [0.2, 0.25) is 5.02 Å². The van der Waals surface area contributed by atoms with Crippen LogP contribution in [0.25, 0.3) is 10.4 Å². The number of thioether (sulfide) groups is 1. The van der Waals surface area contributed by atoms with Crippen LogP contribution in [0.3, 0.4) is 0 Å². The molecular weight excluding hydrogens is 234 g/mol. The van der Waals surface area contributed by atoms with E-state index in [1.54, 1.807) is 12.1 Å². The maximum absolute atomic E-state index is 9.38. The van der Waals surface area contributed by atoms with Gasteiger partial charge in [-0.05, 0) is 29.8 Å². The molecule has 0 unspecified atom stereocenters. The highest BCUT2D eigenvalue weighted by atomic mass is 35.5. The Morgan fingerprint density at radius 2 is 2.13 bits per heavy atom. The Bertz CT molecular complexity index is 351. The molecule has 1 rings (SSSR count). The number of hydrogen-bond acceptors (Lipinski definition) is 3. The Morgan fingerprint density at radius 1 is 1.47 bits per heavy atom. The van der Waals surface area contributed by atoms with Gasteiger partial charge in [-0.25, -0.2) is 0 Å². The van der Waals surface area contributed by atoms with Crippen molar-refractivity contribution in [3.05, 3.63) is 39.7 Å². The van der Waals surface area contributed by atoms with Crippen LogP contribution in [0.1, 0.15) is 0 Å². The lowest BCUT2D eigenvalue weighted by atomic mass is 10.4. The Morgan fingerprint density at radius 3 is 2.73 bits per heavy atom. The van der Waals surface area contributed by atoms with Gasteiger partial charge < -0.3 is 5.11 Å². The molecule has 0 amide bonds. The molecule has 0 heterocycles. The third kappa shape index (κ3) is 4.95. The summed E-state index contributed by atoms with van der Waals surface area (Å²) in [7, 11) is 0. The second kappa shape index (κ2) is 6.58. The first-order valence-electron chi connectivity index (χ1n) is 4.29. The molecule has 6 heteroatoms. The average molecular weight is 244 g/mol. The third-order valence-electron chi connectivity index (χ3n) is 1.61. The van der Waals surface area contributed by atoms with Gasteiger partial charge in [0.05, 0.1) is 12.6 Å². The van der Waals surface area contributed by atoms with E-state index in [4.69, 9.17) is 17.1 Å². The summed E-state index contributed by atoms with van der Waals surface area (Å²) < 4.78 is 0. The largest absolute Gasteiger partial charge is 0.392 e. The van der Waals surface area contributed by atoms with Crippen molar-refractivity contribution in [1.29, 1.82) is 0 Å². The van der Waals surface area contributed by atoms with Crippen LogP contribution < -0.4 is 0 Å². The zero-order valence-corrected chi connectivity index (χ0v) is 9.45. The molecule has 0 aromatic heterocycles. The van der Waals surface area contributed by atoms with Gasteiger partial charge in [-0.3, -0.25) is 0 Å². The molecule has 0 saturated carbocycles. The predicted molar refractivity (Wildman–Crippen MR) is 62.2 cm³/mol. The van der Waals surface area contributed by atoms with Crippen LogP contribution in [0, 0.1) is 0 Å². The Hall–Kier alpha value is -0.870. The molecule has 80 valence electrons. The van der Waals surface area contributed by atoms with E-state index in [1.807, 2.05) is 12.1 Å². The van der Waals surface area contributed by atoms with Gasteiger partial charge in [0, 0.05) is 20.6 Å². The third-order valence-corrected chi connectivity index (χ3v) is 3.02. The van der Waals surface area contributed by atoms with Gasteiger partial charge in [0.1, 0.15) is 0 Å². The van der Waals surface area contributed by atoms with E-state index in [0.717, 1.165) is 4.90 Å².